The van der Waals surface area contributed by atoms with Gasteiger partial charge in [-0.05, 0) is 339 Å². The molecule has 0 saturated heterocycles. The Hall–Kier alpha value is -1.12. The van der Waals surface area contributed by atoms with E-state index >= 15 is 0 Å². The molecule has 0 heterocycles. The highest BCUT2D eigenvalue weighted by Gasteiger charge is 2.55. The van der Waals surface area contributed by atoms with Gasteiger partial charge < -0.3 is 0 Å². The lowest BCUT2D eigenvalue weighted by molar-refractivity contribution is -0.110. The van der Waals surface area contributed by atoms with Gasteiger partial charge in [-0.1, -0.05) is 158 Å². The highest BCUT2D eigenvalue weighted by molar-refractivity contribution is 5.14. The third-order valence-corrected chi connectivity index (χ3v) is 30.4. The van der Waals surface area contributed by atoms with Gasteiger partial charge in [-0.3, -0.25) is 9.80 Å². The lowest BCUT2D eigenvalue weighted by Gasteiger charge is -2.60. The molecular formula is C85H142N2. The molecule has 9 unspecified atom stereocenters. The average molecular weight is 1190 g/mol. The van der Waals surface area contributed by atoms with Gasteiger partial charge in [-0.2, -0.15) is 0 Å². The number of hydrogen-bond acceptors (Lipinski definition) is 2. The Kier molecular flexibility index (Phi) is 23.5. The molecule has 0 aromatic rings. The van der Waals surface area contributed by atoms with Gasteiger partial charge in [0, 0.05) is 36.3 Å². The van der Waals surface area contributed by atoms with Crippen LogP contribution in [-0.4, -0.2) is 46.1 Å². The minimum Gasteiger partial charge on any atom is -0.294 e. The molecule has 0 N–H and O–H groups in total. The normalized spacial score (nSPS) is 46.2. The van der Waals surface area contributed by atoms with E-state index in [9.17, 15) is 0 Å². The monoisotopic (exact) mass is 1190 g/mol. The molecule has 0 bridgehead atoms. The molecule has 12 rings (SSSR count). The summed E-state index contributed by atoms with van der Waals surface area (Å²) in [4.78, 5) is 6.94. The van der Waals surface area contributed by atoms with Crippen molar-refractivity contribution in [1.29, 1.82) is 0 Å². The quantitative estimate of drug-likeness (QED) is 0.151. The van der Waals surface area contributed by atoms with Crippen LogP contribution in [-0.2, 0) is 0 Å². The van der Waals surface area contributed by atoms with E-state index in [2.05, 4.69) is 96.4 Å². The number of nitrogens with zero attached hydrogens (tertiary/aromatic N) is 2. The van der Waals surface area contributed by atoms with Gasteiger partial charge in [0.25, 0.3) is 0 Å². The van der Waals surface area contributed by atoms with Crippen LogP contribution in [0.4, 0.5) is 0 Å². The SMILES string of the molecule is C/C(=C\C1CCC(N(C2CCC(/C=C(\C)C3CCC(C)CC3)CC2)C2CCC(C3CCC(N(C4CCC(/C=C(\C)C5CCC(C)CC5)CC4)C4CCC(/C=C(\C)C5CCC(C)CC5)CC4)C4CCCC(C)C34)C3CCCCC32)CC1)C1CCC(C)CC1. The molecule has 0 amide bonds. The zero-order valence-electron chi connectivity index (χ0n) is 59.0. The van der Waals surface area contributed by atoms with Crippen LogP contribution >= 0.6 is 0 Å². The summed E-state index contributed by atoms with van der Waals surface area (Å²) >= 11 is 0. The minimum absolute atomic E-state index is 0.823. The van der Waals surface area contributed by atoms with Crippen molar-refractivity contribution in [3.05, 3.63) is 46.6 Å². The molecule has 492 valence electrons. The fourth-order valence-electron chi connectivity index (χ4n) is 25.0. The van der Waals surface area contributed by atoms with Crippen LogP contribution in [0.15, 0.2) is 46.6 Å². The van der Waals surface area contributed by atoms with Crippen molar-refractivity contribution >= 4 is 0 Å². The first-order chi connectivity index (χ1) is 42.3. The first-order valence-corrected chi connectivity index (χ1v) is 40.6. The summed E-state index contributed by atoms with van der Waals surface area (Å²) in [5.41, 5.74) is 7.11. The first-order valence-electron chi connectivity index (χ1n) is 40.6. The Morgan fingerprint density at radius 3 is 0.851 bits per heavy atom. The Labute approximate surface area is 540 Å². The van der Waals surface area contributed by atoms with Crippen LogP contribution < -0.4 is 0 Å². The minimum atomic E-state index is 0.823. The van der Waals surface area contributed by atoms with Crippen molar-refractivity contribution in [3.8, 4) is 0 Å². The maximum absolute atomic E-state index is 3.47. The average Bonchev–Trinajstić information content (AvgIpc) is 1.39. The second kappa shape index (κ2) is 31.0. The van der Waals surface area contributed by atoms with Crippen molar-refractivity contribution < 1.29 is 0 Å². The molecule has 2 nitrogen and oxygen atoms in total. The summed E-state index contributed by atoms with van der Waals surface area (Å²) in [6.07, 6.45) is 75.1. The second-order valence-electron chi connectivity index (χ2n) is 36.0. The van der Waals surface area contributed by atoms with Crippen molar-refractivity contribution in [1.82, 2.24) is 9.80 Å². The van der Waals surface area contributed by atoms with E-state index in [4.69, 9.17) is 0 Å². The first kappa shape index (κ1) is 65.9. The van der Waals surface area contributed by atoms with E-state index in [0.717, 1.165) is 149 Å². The van der Waals surface area contributed by atoms with Crippen molar-refractivity contribution in [2.24, 2.45) is 112 Å². The third kappa shape index (κ3) is 16.2. The molecule has 12 saturated carbocycles. The van der Waals surface area contributed by atoms with Gasteiger partial charge in [0.2, 0.25) is 0 Å². The van der Waals surface area contributed by atoms with Crippen LogP contribution in [0.1, 0.15) is 338 Å². The smallest absolute Gasteiger partial charge is 0.0132 e. The predicted octanol–water partition coefficient (Wildman–Crippen LogP) is 24.3. The van der Waals surface area contributed by atoms with Crippen molar-refractivity contribution in [3.63, 3.8) is 0 Å². The van der Waals surface area contributed by atoms with Crippen LogP contribution in [0.25, 0.3) is 0 Å². The van der Waals surface area contributed by atoms with Crippen LogP contribution in [0.2, 0.25) is 0 Å². The number of rotatable bonds is 15. The molecule has 0 aromatic carbocycles. The maximum atomic E-state index is 3.47. The molecule has 12 aliphatic carbocycles. The standard InChI is InChI=1S/C85H142N2/c1-57-17-33-70(34-18-57)62(6)53-66-25-41-74(42-26-66)86(75-43-27-67(28-44-75)54-63(7)71-35-19-58(2)20-36-71)83-51-49-79(78-14-10-11-15-80(78)83)81-50-52-84(82-16-12-13-61(5)85(81)82)87(76-45-29-68(30-46-76)55-64(8)72-37-21-59(3)22-38-72)77-47-31-69(32-48-77)56-65(9)73-39-23-60(4)24-40-73/h53-61,66-85H,10-52H2,1-9H3/b62-53+,63-54+,64-55+,65-56+. The highest BCUT2D eigenvalue weighted by Crippen LogP contribution is 2.59. The van der Waals surface area contributed by atoms with E-state index < -0.39 is 0 Å². The van der Waals surface area contributed by atoms with Crippen LogP contribution in [0.3, 0.4) is 0 Å². The third-order valence-electron chi connectivity index (χ3n) is 30.4. The summed E-state index contributed by atoms with van der Waals surface area (Å²) in [6.45, 7) is 23.0. The van der Waals surface area contributed by atoms with E-state index in [-0.39, 0.29) is 0 Å². The summed E-state index contributed by atoms with van der Waals surface area (Å²) < 4.78 is 0. The summed E-state index contributed by atoms with van der Waals surface area (Å²) in [5, 5.41) is 0. The van der Waals surface area contributed by atoms with Gasteiger partial charge in [0.1, 0.15) is 0 Å². The van der Waals surface area contributed by atoms with Gasteiger partial charge in [-0.25, -0.2) is 0 Å². The lowest BCUT2D eigenvalue weighted by atomic mass is 9.51. The largest absolute Gasteiger partial charge is 0.294 e. The zero-order valence-corrected chi connectivity index (χ0v) is 59.0. The van der Waals surface area contributed by atoms with E-state index in [0.29, 0.717) is 0 Å². The Bertz CT molecular complexity index is 2080. The van der Waals surface area contributed by atoms with Gasteiger partial charge >= 0.3 is 0 Å². The predicted molar refractivity (Wildman–Crippen MR) is 375 cm³/mol. The van der Waals surface area contributed by atoms with Crippen LogP contribution in [0.5, 0.6) is 0 Å². The fourth-order valence-corrected chi connectivity index (χ4v) is 25.0. The molecular weight excluding hydrogens is 1050 g/mol. The van der Waals surface area contributed by atoms with E-state index in [1.807, 2.05) is 0 Å². The number of hydrogen-bond donors (Lipinski definition) is 0. The van der Waals surface area contributed by atoms with Crippen molar-refractivity contribution in [2.75, 3.05) is 0 Å². The molecule has 2 heteroatoms. The van der Waals surface area contributed by atoms with Gasteiger partial charge in [0.05, 0.1) is 0 Å². The van der Waals surface area contributed by atoms with Gasteiger partial charge in [0.15, 0.2) is 0 Å². The second-order valence-corrected chi connectivity index (χ2v) is 36.0. The fraction of sp³-hybridized carbons (Fsp3) is 0.906. The molecule has 9 atom stereocenters. The summed E-state index contributed by atoms with van der Waals surface area (Å²) in [7, 11) is 0. The topological polar surface area (TPSA) is 6.48 Å². The Morgan fingerprint density at radius 1 is 0.241 bits per heavy atom. The number of allylic oxidation sites excluding steroid dienone is 8. The Morgan fingerprint density at radius 2 is 0.517 bits per heavy atom. The molecule has 12 aliphatic rings. The lowest BCUT2D eigenvalue weighted by Crippen LogP contribution is -2.61. The number of fused-ring (bicyclic) bond motifs is 2. The Balaban J connectivity index is 0.762. The van der Waals surface area contributed by atoms with E-state index in [1.54, 1.807) is 54.4 Å². The maximum Gasteiger partial charge on any atom is 0.0132 e. The van der Waals surface area contributed by atoms with E-state index in [1.165, 1.54) is 244 Å². The van der Waals surface area contributed by atoms with Gasteiger partial charge in [-0.15, -0.1) is 0 Å². The molecule has 0 spiro atoms. The molecule has 87 heavy (non-hydrogen) atoms. The van der Waals surface area contributed by atoms with Crippen molar-refractivity contribution in [2.45, 2.75) is 375 Å². The molecule has 0 aromatic heterocycles. The molecule has 0 aliphatic heterocycles. The zero-order chi connectivity index (χ0) is 60.1. The highest BCUT2D eigenvalue weighted by atomic mass is 15.2. The molecule has 12 fully saturated rings. The summed E-state index contributed by atoms with van der Waals surface area (Å²) in [5.74, 6) is 17.3. The molecule has 0 radical (unpaired) electrons. The summed E-state index contributed by atoms with van der Waals surface area (Å²) in [6, 6.07) is 4.99. The van der Waals surface area contributed by atoms with Crippen LogP contribution in [0, 0.1) is 112 Å².